The first-order chi connectivity index (χ1) is 14.1. The highest BCUT2D eigenvalue weighted by Gasteiger charge is 2.36. The number of nitrogens with one attached hydrogen (secondary N) is 1. The molecular weight excluding hydrogens is 438 g/mol. The van der Waals surface area contributed by atoms with E-state index in [4.69, 9.17) is 9.47 Å². The predicted octanol–water partition coefficient (Wildman–Crippen LogP) is 3.48. The van der Waals surface area contributed by atoms with E-state index in [2.05, 4.69) is 36.8 Å². The van der Waals surface area contributed by atoms with Crippen molar-refractivity contribution in [1.29, 1.82) is 0 Å². The van der Waals surface area contributed by atoms with E-state index < -0.39 is 12.0 Å². The van der Waals surface area contributed by atoms with E-state index in [1.807, 2.05) is 48.5 Å². The number of hydrogen-bond donors (Lipinski definition) is 1. The molecule has 0 saturated carbocycles. The maximum Gasteiger partial charge on any atom is 0.338 e. The highest BCUT2D eigenvalue weighted by Crippen LogP contribution is 2.40. The van der Waals surface area contributed by atoms with Crippen LogP contribution in [0, 0.1) is 0 Å². The van der Waals surface area contributed by atoms with Crippen molar-refractivity contribution in [2.24, 2.45) is 0 Å². The van der Waals surface area contributed by atoms with E-state index in [-0.39, 0.29) is 0 Å². The second kappa shape index (κ2) is 8.04. The maximum atomic E-state index is 12.6. The second-order valence-electron chi connectivity index (χ2n) is 6.46. The number of allylic oxidation sites excluding steroid dienone is 1. The number of methoxy groups -OCH3 is 1. The number of aromatic nitrogens is 4. The highest BCUT2D eigenvalue weighted by atomic mass is 79.9. The number of esters is 1. The Labute approximate surface area is 175 Å². The third-order valence-electron chi connectivity index (χ3n) is 4.62. The van der Waals surface area contributed by atoms with Gasteiger partial charge in [-0.15, -0.1) is 0 Å². The third-order valence-corrected chi connectivity index (χ3v) is 5.12. The van der Waals surface area contributed by atoms with Gasteiger partial charge in [-0.25, -0.2) is 4.79 Å². The molecule has 0 bridgehead atoms. The van der Waals surface area contributed by atoms with Gasteiger partial charge in [0.15, 0.2) is 0 Å². The van der Waals surface area contributed by atoms with Crippen molar-refractivity contribution < 1.29 is 14.3 Å². The zero-order valence-corrected chi connectivity index (χ0v) is 17.4. The molecule has 0 radical (unpaired) electrons. The fraction of sp³-hybridized carbons (Fsp3) is 0.200. The number of ether oxygens (including phenoxy) is 2. The van der Waals surface area contributed by atoms with Crippen LogP contribution in [0.25, 0.3) is 0 Å². The van der Waals surface area contributed by atoms with E-state index in [9.17, 15) is 4.79 Å². The lowest BCUT2D eigenvalue weighted by Crippen LogP contribution is -2.29. The molecular formula is C20H18BrN5O3. The van der Waals surface area contributed by atoms with Crippen LogP contribution in [0.2, 0.25) is 0 Å². The van der Waals surface area contributed by atoms with Crippen LogP contribution in [0.1, 0.15) is 24.1 Å². The quantitative estimate of drug-likeness (QED) is 0.588. The average molecular weight is 456 g/mol. The molecule has 1 aromatic heterocycles. The molecule has 0 fully saturated rings. The van der Waals surface area contributed by atoms with Crippen molar-refractivity contribution in [3.05, 3.63) is 75.4 Å². The first kappa shape index (κ1) is 19.1. The Bertz CT molecular complexity index is 1080. The lowest BCUT2D eigenvalue weighted by Gasteiger charge is -2.28. The van der Waals surface area contributed by atoms with Gasteiger partial charge in [-0.2, -0.15) is 4.68 Å². The normalized spacial score (nSPS) is 15.5. The number of fused-ring (bicyclic) bond motifs is 1. The number of tetrazole rings is 1. The number of benzene rings is 2. The summed E-state index contributed by atoms with van der Waals surface area (Å²) in [5.74, 6) is 0.601. The molecule has 29 heavy (non-hydrogen) atoms. The van der Waals surface area contributed by atoms with Crippen LogP contribution in [-0.2, 0) is 16.1 Å². The number of carbonyl (C=O) groups is 1. The SMILES string of the molecule is COC(=O)C1=C(C)Nc2nnnn2[C@@H]1c1cc(Br)ccc1OCc1ccccc1. The molecule has 3 aromatic rings. The van der Waals surface area contributed by atoms with Crippen molar-refractivity contribution in [1.82, 2.24) is 20.2 Å². The number of anilines is 1. The van der Waals surface area contributed by atoms with Gasteiger partial charge in [0.2, 0.25) is 5.95 Å². The average Bonchev–Trinajstić information content (AvgIpc) is 3.20. The monoisotopic (exact) mass is 455 g/mol. The van der Waals surface area contributed by atoms with E-state index >= 15 is 0 Å². The molecule has 1 N–H and O–H groups in total. The lowest BCUT2D eigenvalue weighted by molar-refractivity contribution is -0.136. The summed E-state index contributed by atoms with van der Waals surface area (Å²) < 4.78 is 13.5. The number of halogens is 1. The zero-order chi connectivity index (χ0) is 20.4. The van der Waals surface area contributed by atoms with Gasteiger partial charge < -0.3 is 14.8 Å². The van der Waals surface area contributed by atoms with E-state index in [0.29, 0.717) is 29.6 Å². The first-order valence-corrected chi connectivity index (χ1v) is 9.68. The number of hydrogen-bond acceptors (Lipinski definition) is 7. The summed E-state index contributed by atoms with van der Waals surface area (Å²) in [5.41, 5.74) is 2.81. The van der Waals surface area contributed by atoms with Crippen molar-refractivity contribution in [3.8, 4) is 5.75 Å². The molecule has 0 saturated heterocycles. The molecule has 0 spiro atoms. The minimum absolute atomic E-state index is 0.388. The maximum absolute atomic E-state index is 12.6. The van der Waals surface area contributed by atoms with Gasteiger partial charge in [-0.3, -0.25) is 0 Å². The summed E-state index contributed by atoms with van der Waals surface area (Å²) in [6.07, 6.45) is 0. The van der Waals surface area contributed by atoms with E-state index in [1.165, 1.54) is 7.11 Å². The Kier molecular flexibility index (Phi) is 5.30. The van der Waals surface area contributed by atoms with Gasteiger partial charge in [0.05, 0.1) is 12.7 Å². The van der Waals surface area contributed by atoms with Gasteiger partial charge >= 0.3 is 5.97 Å². The summed E-state index contributed by atoms with van der Waals surface area (Å²) in [6, 6.07) is 14.9. The Hall–Kier alpha value is -3.20. The molecule has 9 heteroatoms. The predicted molar refractivity (Wildman–Crippen MR) is 109 cm³/mol. The minimum atomic E-state index is -0.600. The zero-order valence-electron chi connectivity index (χ0n) is 15.8. The standard InChI is InChI=1S/C20H18BrN5O3/c1-12-17(19(27)28-2)18(26-20(22-12)23-24-25-26)15-10-14(21)8-9-16(15)29-11-13-6-4-3-5-7-13/h3-10,18H,11H2,1-2H3,(H,22,23,25)/t18-/m1/s1. The fourth-order valence-corrected chi connectivity index (χ4v) is 3.65. The molecule has 1 atom stereocenters. The second-order valence-corrected chi connectivity index (χ2v) is 7.38. The van der Waals surface area contributed by atoms with Crippen molar-refractivity contribution in [3.63, 3.8) is 0 Å². The summed E-state index contributed by atoms with van der Waals surface area (Å²) >= 11 is 3.51. The van der Waals surface area contributed by atoms with Crippen LogP contribution in [0.5, 0.6) is 5.75 Å². The van der Waals surface area contributed by atoms with Crippen molar-refractivity contribution in [2.75, 3.05) is 12.4 Å². The molecule has 0 amide bonds. The first-order valence-electron chi connectivity index (χ1n) is 8.88. The fourth-order valence-electron chi connectivity index (χ4n) is 3.27. The van der Waals surface area contributed by atoms with Crippen molar-refractivity contribution >= 4 is 27.8 Å². The molecule has 1 aliphatic rings. The summed E-state index contributed by atoms with van der Waals surface area (Å²) in [7, 11) is 1.35. The van der Waals surface area contributed by atoms with Crippen molar-refractivity contribution in [2.45, 2.75) is 19.6 Å². The van der Waals surface area contributed by atoms with Gasteiger partial charge in [0.1, 0.15) is 18.4 Å². The Morgan fingerprint density at radius 3 is 2.79 bits per heavy atom. The minimum Gasteiger partial charge on any atom is -0.489 e. The van der Waals surface area contributed by atoms with Crippen LogP contribution in [-0.4, -0.2) is 33.3 Å². The van der Waals surface area contributed by atoms with Crippen LogP contribution in [0.3, 0.4) is 0 Å². The van der Waals surface area contributed by atoms with Gasteiger partial charge in [0, 0.05) is 15.7 Å². The van der Waals surface area contributed by atoms with Gasteiger partial charge in [-0.05, 0) is 41.1 Å². The van der Waals surface area contributed by atoms with Crippen LogP contribution >= 0.6 is 15.9 Å². The topological polar surface area (TPSA) is 91.2 Å². The Morgan fingerprint density at radius 2 is 2.03 bits per heavy atom. The van der Waals surface area contributed by atoms with Gasteiger partial charge in [-0.1, -0.05) is 51.4 Å². The molecule has 148 valence electrons. The largest absolute Gasteiger partial charge is 0.489 e. The lowest BCUT2D eigenvalue weighted by atomic mass is 9.95. The molecule has 0 aliphatic carbocycles. The van der Waals surface area contributed by atoms with Crippen LogP contribution in [0.15, 0.2) is 64.3 Å². The smallest absolute Gasteiger partial charge is 0.338 e. The molecule has 1 aliphatic heterocycles. The highest BCUT2D eigenvalue weighted by molar-refractivity contribution is 9.10. The summed E-state index contributed by atoms with van der Waals surface area (Å²) in [5, 5.41) is 14.9. The van der Waals surface area contributed by atoms with E-state index in [1.54, 1.807) is 11.6 Å². The number of carbonyl (C=O) groups excluding carboxylic acids is 1. The summed E-state index contributed by atoms with van der Waals surface area (Å²) in [6.45, 7) is 2.18. The summed E-state index contributed by atoms with van der Waals surface area (Å²) in [4.78, 5) is 12.6. The number of rotatable bonds is 5. The van der Waals surface area contributed by atoms with E-state index in [0.717, 1.165) is 15.6 Å². The Balaban J connectivity index is 1.80. The van der Waals surface area contributed by atoms with Gasteiger partial charge in [0.25, 0.3) is 0 Å². The molecule has 2 heterocycles. The molecule has 0 unspecified atom stereocenters. The molecule has 2 aromatic carbocycles. The number of nitrogens with zero attached hydrogens (tertiary/aromatic N) is 4. The Morgan fingerprint density at radius 1 is 1.24 bits per heavy atom. The molecule has 4 rings (SSSR count). The van der Waals surface area contributed by atoms with Crippen LogP contribution < -0.4 is 10.1 Å². The third kappa shape index (κ3) is 3.73. The van der Waals surface area contributed by atoms with Crippen LogP contribution in [0.4, 0.5) is 5.95 Å². The molecule has 8 nitrogen and oxygen atoms in total.